The van der Waals surface area contributed by atoms with Crippen LogP contribution in [0, 0.1) is 5.92 Å². The molecule has 234 valence electrons. The molecule has 3 aromatic carbocycles. The van der Waals surface area contributed by atoms with Crippen molar-refractivity contribution in [1.82, 2.24) is 10.3 Å². The van der Waals surface area contributed by atoms with Crippen LogP contribution in [0.3, 0.4) is 0 Å². The Morgan fingerprint density at radius 1 is 0.933 bits per heavy atom. The van der Waals surface area contributed by atoms with Gasteiger partial charge in [0.1, 0.15) is 0 Å². The smallest absolute Gasteiger partial charge is 0.303 e. The van der Waals surface area contributed by atoms with E-state index in [-0.39, 0.29) is 30.6 Å². The summed E-state index contributed by atoms with van der Waals surface area (Å²) < 4.78 is 18.3. The van der Waals surface area contributed by atoms with Gasteiger partial charge in [-0.2, -0.15) is 0 Å². The molecule has 0 spiro atoms. The molecule has 5 atom stereocenters. The Morgan fingerprint density at radius 3 is 2.40 bits per heavy atom. The number of rotatable bonds is 11. The van der Waals surface area contributed by atoms with Crippen molar-refractivity contribution in [1.29, 1.82) is 0 Å². The number of aliphatic hydroxyl groups is 1. The highest BCUT2D eigenvalue weighted by atomic mass is 32.2. The van der Waals surface area contributed by atoms with Crippen molar-refractivity contribution < 1.29 is 28.9 Å². The van der Waals surface area contributed by atoms with Crippen molar-refractivity contribution in [3.05, 3.63) is 119 Å². The Kier molecular flexibility index (Phi) is 11.0. The maximum absolute atomic E-state index is 12.3. The molecule has 0 radical (unpaired) electrons. The molecule has 1 aromatic heterocycles. The summed E-state index contributed by atoms with van der Waals surface area (Å²) in [5, 5.41) is 13.3. The van der Waals surface area contributed by atoms with E-state index >= 15 is 0 Å². The Hall–Kier alpha value is -4.02. The number of benzene rings is 3. The van der Waals surface area contributed by atoms with E-state index in [1.54, 1.807) is 24.9 Å². The molecule has 5 rings (SSSR count). The van der Waals surface area contributed by atoms with Crippen LogP contribution in [0.1, 0.15) is 55.4 Å². The number of nitrogens with zero attached hydrogens (tertiary/aromatic N) is 1. The number of carbonyl (C=O) groups is 2. The van der Waals surface area contributed by atoms with Crippen LogP contribution >= 0.6 is 11.8 Å². The third kappa shape index (κ3) is 8.58. The number of ether oxygens (including phenoxy) is 3. The van der Waals surface area contributed by atoms with Crippen molar-refractivity contribution in [2.24, 2.45) is 5.92 Å². The lowest BCUT2D eigenvalue weighted by Crippen LogP contribution is -2.38. The molecule has 1 aliphatic rings. The summed E-state index contributed by atoms with van der Waals surface area (Å²) in [6, 6.07) is 29.9. The molecule has 2 N–H and O–H groups in total. The average molecular weight is 627 g/mol. The Balaban J connectivity index is 1.35. The van der Waals surface area contributed by atoms with E-state index in [1.807, 2.05) is 84.9 Å². The van der Waals surface area contributed by atoms with Crippen LogP contribution in [0.15, 0.2) is 102 Å². The monoisotopic (exact) mass is 626 g/mol. The molecule has 45 heavy (non-hydrogen) atoms. The molecule has 1 saturated heterocycles. The molecule has 0 saturated carbocycles. The summed E-state index contributed by atoms with van der Waals surface area (Å²) in [5.74, 6) is -0.0674. The first-order valence-electron chi connectivity index (χ1n) is 15.0. The van der Waals surface area contributed by atoms with E-state index in [9.17, 15) is 14.7 Å². The number of amides is 1. The first-order valence-corrected chi connectivity index (χ1v) is 16.0. The van der Waals surface area contributed by atoms with Gasteiger partial charge < -0.3 is 24.6 Å². The lowest BCUT2D eigenvalue weighted by atomic mass is 9.91. The number of aliphatic hydroxyl groups excluding tert-OH is 1. The van der Waals surface area contributed by atoms with Crippen LogP contribution in [0.4, 0.5) is 0 Å². The second kappa shape index (κ2) is 15.3. The van der Waals surface area contributed by atoms with Crippen molar-refractivity contribution in [2.75, 3.05) is 5.75 Å². The van der Waals surface area contributed by atoms with Crippen LogP contribution in [0.2, 0.25) is 0 Å². The van der Waals surface area contributed by atoms with Gasteiger partial charge >= 0.3 is 5.97 Å². The number of hydrogen-bond donors (Lipinski definition) is 2. The lowest BCUT2D eigenvalue weighted by molar-refractivity contribution is -0.268. The average Bonchev–Trinajstić information content (AvgIpc) is 3.07. The zero-order valence-corrected chi connectivity index (χ0v) is 26.4. The van der Waals surface area contributed by atoms with Gasteiger partial charge in [0, 0.05) is 36.9 Å². The van der Waals surface area contributed by atoms with Crippen LogP contribution in [0.5, 0.6) is 0 Å². The number of thioether (sulfide) groups is 1. The largest absolute Gasteiger partial charge is 0.453 e. The normalized spacial score (nSPS) is 20.3. The fraction of sp³-hybridized carbons (Fsp3) is 0.306. The molecule has 1 aliphatic heterocycles. The van der Waals surface area contributed by atoms with Gasteiger partial charge in [-0.1, -0.05) is 73.7 Å². The van der Waals surface area contributed by atoms with E-state index in [0.717, 1.165) is 38.4 Å². The topological polar surface area (TPSA) is 107 Å². The molecular weight excluding hydrogens is 588 g/mol. The van der Waals surface area contributed by atoms with Crippen molar-refractivity contribution >= 4 is 23.6 Å². The highest BCUT2D eigenvalue weighted by Gasteiger charge is 2.38. The minimum atomic E-state index is -0.858. The molecule has 8 nitrogen and oxygen atoms in total. The van der Waals surface area contributed by atoms with E-state index in [0.29, 0.717) is 12.3 Å². The van der Waals surface area contributed by atoms with Gasteiger partial charge in [-0.25, -0.2) is 4.98 Å². The summed E-state index contributed by atoms with van der Waals surface area (Å²) in [7, 11) is 0. The van der Waals surface area contributed by atoms with Crippen LogP contribution in [0.25, 0.3) is 11.1 Å². The van der Waals surface area contributed by atoms with Crippen molar-refractivity contribution in [2.45, 2.75) is 63.6 Å². The fourth-order valence-electron chi connectivity index (χ4n) is 5.27. The van der Waals surface area contributed by atoms with E-state index in [4.69, 9.17) is 14.2 Å². The van der Waals surface area contributed by atoms with E-state index in [2.05, 4.69) is 23.3 Å². The number of esters is 1. The third-order valence-electron chi connectivity index (χ3n) is 7.75. The number of hydrogen-bond acceptors (Lipinski definition) is 8. The minimum absolute atomic E-state index is 0.00972. The Labute approximate surface area is 268 Å². The van der Waals surface area contributed by atoms with Gasteiger partial charge in [0.25, 0.3) is 5.91 Å². The molecule has 0 unspecified atom stereocenters. The quantitative estimate of drug-likeness (QED) is 0.146. The van der Waals surface area contributed by atoms with Crippen molar-refractivity contribution in [3.8, 4) is 11.1 Å². The maximum Gasteiger partial charge on any atom is 0.303 e. The Morgan fingerprint density at radius 2 is 1.69 bits per heavy atom. The summed E-state index contributed by atoms with van der Waals surface area (Å²) >= 11 is 1.66. The van der Waals surface area contributed by atoms with Gasteiger partial charge in [0.05, 0.1) is 23.8 Å². The Bertz CT molecular complexity index is 1580. The molecule has 1 amide bonds. The standard InChI is InChI=1S/C36H38N2O6S/c1-23-32(22-45-33-12-4-5-17-37-33)43-36(44-34(23)28-15-13-26(21-39)14-16-28)31-11-7-10-30(19-31)29-9-6-8-27(18-29)20-38-35(41)24(2)42-25(3)40/h4-19,23-24,32,34,36,39H,20-22H2,1-3H3,(H,38,41)/t23-,24+,32+,34+,36+/m1/s1. The number of aromatic nitrogens is 1. The van der Waals surface area contributed by atoms with Gasteiger partial charge in [-0.3, -0.25) is 9.59 Å². The number of pyridine rings is 1. The summed E-state index contributed by atoms with van der Waals surface area (Å²) in [6.45, 7) is 5.27. The van der Waals surface area contributed by atoms with E-state index < -0.39 is 18.4 Å². The van der Waals surface area contributed by atoms with Crippen molar-refractivity contribution in [3.63, 3.8) is 0 Å². The number of nitrogens with one attached hydrogen (secondary N) is 1. The summed E-state index contributed by atoms with van der Waals surface area (Å²) in [5.41, 5.74) is 5.68. The van der Waals surface area contributed by atoms with Crippen LogP contribution in [-0.2, 0) is 37.0 Å². The number of carbonyl (C=O) groups excluding carboxylic acids is 2. The fourth-order valence-corrected chi connectivity index (χ4v) is 6.30. The summed E-state index contributed by atoms with van der Waals surface area (Å²) in [6.07, 6.45) is 0.0218. The zero-order chi connectivity index (χ0) is 31.8. The van der Waals surface area contributed by atoms with Crippen LogP contribution in [-0.4, -0.2) is 39.9 Å². The third-order valence-corrected chi connectivity index (χ3v) is 8.79. The first kappa shape index (κ1) is 32.4. The molecule has 1 fully saturated rings. The highest BCUT2D eigenvalue weighted by Crippen LogP contribution is 2.43. The minimum Gasteiger partial charge on any atom is -0.453 e. The second-order valence-electron chi connectivity index (χ2n) is 11.1. The predicted octanol–water partition coefficient (Wildman–Crippen LogP) is 6.39. The molecule has 4 aromatic rings. The predicted molar refractivity (Wildman–Crippen MR) is 173 cm³/mol. The SMILES string of the molecule is CC(=O)O[C@@H](C)C(=O)NCc1cccc(-c2cccc([C@H]3O[C@@H](CSc4ccccn4)[C@@H](C)[C@@H](c4ccc(CO)cc4)O3)c2)c1. The van der Waals surface area contributed by atoms with E-state index in [1.165, 1.54) is 6.92 Å². The van der Waals surface area contributed by atoms with Gasteiger partial charge in [0.15, 0.2) is 12.4 Å². The first-order chi connectivity index (χ1) is 21.8. The zero-order valence-electron chi connectivity index (χ0n) is 25.6. The molecule has 0 bridgehead atoms. The maximum atomic E-state index is 12.3. The summed E-state index contributed by atoms with van der Waals surface area (Å²) in [4.78, 5) is 28.0. The molecule has 0 aliphatic carbocycles. The van der Waals surface area contributed by atoms with Crippen LogP contribution < -0.4 is 5.32 Å². The molecular formula is C36H38N2O6S. The van der Waals surface area contributed by atoms with Gasteiger partial charge in [0.2, 0.25) is 0 Å². The van der Waals surface area contributed by atoms with Gasteiger partial charge in [-0.15, -0.1) is 11.8 Å². The molecule has 2 heterocycles. The molecule has 9 heteroatoms. The second-order valence-corrected chi connectivity index (χ2v) is 12.1. The van der Waals surface area contributed by atoms with Gasteiger partial charge in [-0.05, 0) is 59.0 Å². The lowest BCUT2D eigenvalue weighted by Gasteiger charge is -2.41. The highest BCUT2D eigenvalue weighted by molar-refractivity contribution is 7.99.